The molecule has 3 aliphatic heterocycles. The Labute approximate surface area is 184 Å². The summed E-state index contributed by atoms with van der Waals surface area (Å²) < 4.78 is 6.02. The van der Waals surface area contributed by atoms with Crippen LogP contribution in [0, 0.1) is 11.8 Å². The van der Waals surface area contributed by atoms with Gasteiger partial charge in [0.15, 0.2) is 5.60 Å². The number of hydrogen-bond donors (Lipinski definition) is 0. The highest BCUT2D eigenvalue weighted by molar-refractivity contribution is 5.89. The number of esters is 1. The smallest absolute Gasteiger partial charge is 0.332 e. The van der Waals surface area contributed by atoms with Crippen molar-refractivity contribution < 1.29 is 9.53 Å². The number of nitrogens with zero attached hydrogens (tertiary/aromatic N) is 1. The Bertz CT molecular complexity index is 1100. The molecule has 0 unspecified atom stereocenters. The number of carbonyl (C=O) groups excluding carboxylic acids is 1. The van der Waals surface area contributed by atoms with Crippen molar-refractivity contribution in [1.82, 2.24) is 4.90 Å². The van der Waals surface area contributed by atoms with Gasteiger partial charge in [0.25, 0.3) is 0 Å². The third-order valence-corrected chi connectivity index (χ3v) is 6.83. The largest absolute Gasteiger partial charge is 0.449 e. The Balaban J connectivity index is 1.47. The van der Waals surface area contributed by atoms with E-state index in [1.54, 1.807) is 6.08 Å². The lowest BCUT2D eigenvalue weighted by Gasteiger charge is -2.44. The number of rotatable bonds is 2. The molecule has 3 aliphatic rings. The molecular formula is C28H27NO2. The molecule has 31 heavy (non-hydrogen) atoms. The fraction of sp³-hybridized carbons (Fsp3) is 0.321. The first-order valence-electron chi connectivity index (χ1n) is 11.3. The number of piperidine rings is 1. The molecule has 0 bridgehead atoms. The molecule has 0 N–H and O–H groups in total. The Kier molecular flexibility index (Phi) is 5.26. The van der Waals surface area contributed by atoms with E-state index < -0.39 is 5.60 Å². The summed E-state index contributed by atoms with van der Waals surface area (Å²) in [6.07, 6.45) is 8.09. The van der Waals surface area contributed by atoms with Crippen LogP contribution in [0.25, 0.3) is 11.1 Å². The molecule has 1 fully saturated rings. The van der Waals surface area contributed by atoms with Crippen LogP contribution < -0.4 is 0 Å². The fourth-order valence-electron chi connectivity index (χ4n) is 5.25. The number of carbonyl (C=O) groups is 1. The summed E-state index contributed by atoms with van der Waals surface area (Å²) in [5.41, 5.74) is 4.70. The first-order valence-corrected chi connectivity index (χ1v) is 11.3. The van der Waals surface area contributed by atoms with E-state index in [4.69, 9.17) is 4.74 Å². The van der Waals surface area contributed by atoms with E-state index in [2.05, 4.69) is 66.1 Å². The maximum atomic E-state index is 12.4. The Morgan fingerprint density at radius 3 is 2.58 bits per heavy atom. The first kappa shape index (κ1) is 19.8. The Hall–Kier alpha value is -3.09. The lowest BCUT2D eigenvalue weighted by molar-refractivity contribution is -0.153. The van der Waals surface area contributed by atoms with Crippen LogP contribution in [0.1, 0.15) is 38.2 Å². The zero-order chi connectivity index (χ0) is 21.3. The highest BCUT2D eigenvalue weighted by atomic mass is 16.6. The third kappa shape index (κ3) is 3.62. The molecule has 3 nitrogen and oxygen atoms in total. The molecule has 2 aromatic carbocycles. The van der Waals surface area contributed by atoms with Gasteiger partial charge in [-0.2, -0.15) is 0 Å². The second-order valence-corrected chi connectivity index (χ2v) is 8.54. The lowest BCUT2D eigenvalue weighted by atomic mass is 9.78. The number of fused-ring (bicyclic) bond motifs is 3. The van der Waals surface area contributed by atoms with Gasteiger partial charge in [-0.15, -0.1) is 0 Å². The molecule has 0 spiro atoms. The first-order chi connectivity index (χ1) is 15.2. The maximum absolute atomic E-state index is 12.4. The molecule has 2 atom stereocenters. The maximum Gasteiger partial charge on any atom is 0.332 e. The quantitative estimate of drug-likeness (QED) is 0.509. The topological polar surface area (TPSA) is 29.5 Å². The van der Waals surface area contributed by atoms with Gasteiger partial charge in [-0.1, -0.05) is 73.7 Å². The highest BCUT2D eigenvalue weighted by Crippen LogP contribution is 2.45. The van der Waals surface area contributed by atoms with Gasteiger partial charge in [0.2, 0.25) is 0 Å². The minimum absolute atomic E-state index is 0.232. The molecule has 0 saturated carbocycles. The molecule has 2 aromatic rings. The average molecular weight is 410 g/mol. The summed E-state index contributed by atoms with van der Waals surface area (Å²) >= 11 is 0. The van der Waals surface area contributed by atoms with E-state index in [1.165, 1.54) is 24.0 Å². The van der Waals surface area contributed by atoms with E-state index in [1.807, 2.05) is 18.2 Å². The highest BCUT2D eigenvalue weighted by Gasteiger charge is 2.52. The summed E-state index contributed by atoms with van der Waals surface area (Å²) in [5.74, 6) is 6.48. The molecule has 3 heteroatoms. The van der Waals surface area contributed by atoms with Crippen molar-refractivity contribution in [2.24, 2.45) is 0 Å². The predicted molar refractivity (Wildman–Crippen MR) is 123 cm³/mol. The van der Waals surface area contributed by atoms with Crippen LogP contribution in [0.5, 0.6) is 0 Å². The van der Waals surface area contributed by atoms with Crippen LogP contribution in [0.2, 0.25) is 0 Å². The Morgan fingerprint density at radius 1 is 1.03 bits per heavy atom. The molecule has 1 saturated heterocycles. The third-order valence-electron chi connectivity index (χ3n) is 6.83. The lowest BCUT2D eigenvalue weighted by Crippen LogP contribution is -2.55. The SMILES string of the molecule is CC[C@]12OC(=O)C=C1C(C#Cc1ccc(-c3ccccc3)cc1)=CCN1CCCC[C@@H]12. The van der Waals surface area contributed by atoms with E-state index in [0.29, 0.717) is 0 Å². The van der Waals surface area contributed by atoms with Crippen molar-refractivity contribution in [2.75, 3.05) is 13.1 Å². The number of hydrogen-bond acceptors (Lipinski definition) is 3. The van der Waals surface area contributed by atoms with Crippen molar-refractivity contribution >= 4 is 5.97 Å². The number of ether oxygens (including phenoxy) is 1. The van der Waals surface area contributed by atoms with Gasteiger partial charge in [0, 0.05) is 29.3 Å². The van der Waals surface area contributed by atoms with Crippen molar-refractivity contribution in [2.45, 2.75) is 44.2 Å². The van der Waals surface area contributed by atoms with Gasteiger partial charge in [-0.3, -0.25) is 4.90 Å². The standard InChI is InChI=1S/C28H27NO2/c1-2-28-25(20-27(30)31-28)24(17-19-29-18-7-6-10-26(28)29)16-13-21-11-14-23(15-12-21)22-8-4-3-5-9-22/h3-5,8-9,11-12,14-15,17,20,26H,2,6-7,10,18-19H2,1H3/t26-,28+/m1/s1. The van der Waals surface area contributed by atoms with E-state index >= 15 is 0 Å². The van der Waals surface area contributed by atoms with Gasteiger partial charge in [-0.05, 0) is 49.1 Å². The van der Waals surface area contributed by atoms with Crippen molar-refractivity contribution in [3.05, 3.63) is 83.5 Å². The fourth-order valence-corrected chi connectivity index (χ4v) is 5.25. The van der Waals surface area contributed by atoms with Crippen LogP contribution >= 0.6 is 0 Å². The number of benzene rings is 2. The van der Waals surface area contributed by atoms with Crippen LogP contribution in [0.15, 0.2) is 77.9 Å². The normalized spacial score (nSPS) is 25.2. The van der Waals surface area contributed by atoms with Crippen molar-refractivity contribution in [3.63, 3.8) is 0 Å². The average Bonchev–Trinajstić information content (AvgIpc) is 3.11. The summed E-state index contributed by atoms with van der Waals surface area (Å²) in [7, 11) is 0. The molecular weight excluding hydrogens is 382 g/mol. The van der Waals surface area contributed by atoms with Crippen molar-refractivity contribution in [3.8, 4) is 23.0 Å². The van der Waals surface area contributed by atoms with Crippen LogP contribution in [0.3, 0.4) is 0 Å². The summed E-state index contributed by atoms with van der Waals surface area (Å²) in [5, 5.41) is 0. The molecule has 3 heterocycles. The monoisotopic (exact) mass is 409 g/mol. The minimum atomic E-state index is -0.564. The summed E-state index contributed by atoms with van der Waals surface area (Å²) in [6.45, 7) is 4.03. The summed E-state index contributed by atoms with van der Waals surface area (Å²) in [6, 6.07) is 18.9. The van der Waals surface area contributed by atoms with E-state index in [0.717, 1.165) is 42.6 Å². The predicted octanol–water partition coefficient (Wildman–Crippen LogP) is 5.13. The van der Waals surface area contributed by atoms with Gasteiger partial charge in [0.05, 0.1) is 6.04 Å². The van der Waals surface area contributed by atoms with Crippen LogP contribution in [-0.2, 0) is 9.53 Å². The van der Waals surface area contributed by atoms with E-state index in [9.17, 15) is 4.79 Å². The van der Waals surface area contributed by atoms with Gasteiger partial charge in [-0.25, -0.2) is 4.79 Å². The van der Waals surface area contributed by atoms with Gasteiger partial charge in [0.1, 0.15) is 0 Å². The van der Waals surface area contributed by atoms with E-state index in [-0.39, 0.29) is 12.0 Å². The molecule has 0 aliphatic carbocycles. The molecule has 156 valence electrons. The Morgan fingerprint density at radius 2 is 1.81 bits per heavy atom. The second-order valence-electron chi connectivity index (χ2n) is 8.54. The molecule has 0 aromatic heterocycles. The van der Waals surface area contributed by atoms with Crippen LogP contribution in [-0.4, -0.2) is 35.6 Å². The van der Waals surface area contributed by atoms with Crippen LogP contribution in [0.4, 0.5) is 0 Å². The zero-order valence-electron chi connectivity index (χ0n) is 17.9. The van der Waals surface area contributed by atoms with Crippen molar-refractivity contribution in [1.29, 1.82) is 0 Å². The zero-order valence-corrected chi connectivity index (χ0v) is 17.9. The summed E-state index contributed by atoms with van der Waals surface area (Å²) in [4.78, 5) is 14.8. The van der Waals surface area contributed by atoms with Gasteiger partial charge < -0.3 is 4.74 Å². The molecule has 0 amide bonds. The molecule has 0 radical (unpaired) electrons. The molecule has 5 rings (SSSR count). The second kappa shape index (κ2) is 8.21. The van der Waals surface area contributed by atoms with Gasteiger partial charge >= 0.3 is 5.97 Å². The minimum Gasteiger partial charge on any atom is -0.449 e.